The van der Waals surface area contributed by atoms with Gasteiger partial charge in [-0.1, -0.05) is 6.07 Å². The van der Waals surface area contributed by atoms with Crippen LogP contribution in [-0.2, 0) is 25.5 Å². The molecular formula is C35H42N4O9S. The first-order chi connectivity index (χ1) is 23.5. The maximum absolute atomic E-state index is 13.6. The van der Waals surface area contributed by atoms with Crippen LogP contribution in [0.3, 0.4) is 0 Å². The second-order valence-corrected chi connectivity index (χ2v) is 14.6. The van der Waals surface area contributed by atoms with Crippen LogP contribution < -0.4 is 23.7 Å². The van der Waals surface area contributed by atoms with E-state index in [1.54, 1.807) is 26.0 Å². The van der Waals surface area contributed by atoms with Gasteiger partial charge in [0.05, 0.1) is 30.5 Å². The Bertz CT molecular complexity index is 1740. The van der Waals surface area contributed by atoms with Crippen molar-refractivity contribution in [2.75, 3.05) is 61.3 Å². The van der Waals surface area contributed by atoms with Gasteiger partial charge in [0.1, 0.15) is 24.4 Å². The third-order valence-electron chi connectivity index (χ3n) is 10.6. The molecule has 0 spiro atoms. The molecule has 4 bridgehead atoms. The van der Waals surface area contributed by atoms with Crippen molar-refractivity contribution >= 4 is 23.7 Å². The average molecular weight is 695 g/mol. The van der Waals surface area contributed by atoms with Gasteiger partial charge >= 0.3 is 11.9 Å². The second kappa shape index (κ2) is 12.9. The molecule has 2 saturated heterocycles. The van der Waals surface area contributed by atoms with Gasteiger partial charge in [-0.25, -0.2) is 0 Å². The number of ether oxygens (including phenoxy) is 7. The number of nitrogens with zero attached hydrogens (tertiary/aromatic N) is 4. The van der Waals surface area contributed by atoms with E-state index in [1.165, 1.54) is 6.92 Å². The highest BCUT2D eigenvalue weighted by Crippen LogP contribution is 2.64. The minimum Gasteiger partial charge on any atom is -0.493 e. The number of hydrogen-bond donors (Lipinski definition) is 0. The molecule has 5 aliphatic rings. The first kappa shape index (κ1) is 33.7. The second-order valence-electron chi connectivity index (χ2n) is 13.4. The molecule has 0 N–H and O–H groups in total. The molecule has 7 atom stereocenters. The van der Waals surface area contributed by atoms with Gasteiger partial charge in [0.25, 0.3) is 0 Å². The Hall–Kier alpha value is -3.74. The van der Waals surface area contributed by atoms with Crippen LogP contribution >= 0.6 is 11.8 Å². The van der Waals surface area contributed by atoms with Gasteiger partial charge in [0, 0.05) is 54.1 Å². The number of cyclic esters (lactones) is 1. The van der Waals surface area contributed by atoms with Crippen LogP contribution in [0.25, 0.3) is 0 Å². The zero-order chi connectivity index (χ0) is 34.9. The summed E-state index contributed by atoms with van der Waals surface area (Å²) in [6, 6.07) is 2.18. The molecule has 262 valence electrons. The van der Waals surface area contributed by atoms with Gasteiger partial charge in [-0.3, -0.25) is 24.3 Å². The lowest BCUT2D eigenvalue weighted by atomic mass is 9.71. The van der Waals surface area contributed by atoms with E-state index >= 15 is 0 Å². The van der Waals surface area contributed by atoms with Crippen molar-refractivity contribution in [3.05, 3.63) is 39.4 Å². The standard InChI is InChI=1S/C35H42N4O9S/c1-16-9-19-10-20-21(11-36)39-22-12-44-35(41)23(37(4)5)13-49-34(26-25(22)33-31(46-15-47-33)17(2)30(26)48-18(3)40)28(39)27(38(20)6)24(19)32(29(16)43-8)45-14-42-7/h9,20-23,27-28,34H,10,12-15H2,1-8H3/t20-,21-,22-,23-,27+,28?,34+/m0/s1. The van der Waals surface area contributed by atoms with Crippen LogP contribution in [0.2, 0.25) is 0 Å². The molecule has 0 saturated carbocycles. The summed E-state index contributed by atoms with van der Waals surface area (Å²) in [5.74, 6) is 2.22. The number of likely N-dealkylation sites (N-methyl/N-ethyl adjacent to an activating group) is 2. The summed E-state index contributed by atoms with van der Waals surface area (Å²) in [6.07, 6.45) is 0.585. The summed E-state index contributed by atoms with van der Waals surface area (Å²) >= 11 is 1.59. The molecule has 13 nitrogen and oxygen atoms in total. The average Bonchev–Trinajstić information content (AvgIpc) is 3.55. The highest BCUT2D eigenvalue weighted by molar-refractivity contribution is 7.99. The van der Waals surface area contributed by atoms with Crippen molar-refractivity contribution in [2.24, 2.45) is 0 Å². The van der Waals surface area contributed by atoms with Crippen molar-refractivity contribution in [2.45, 2.75) is 68.7 Å². The number of methoxy groups -OCH3 is 2. The number of piperazine rings is 1. The topological polar surface area (TPSA) is 132 Å². The summed E-state index contributed by atoms with van der Waals surface area (Å²) in [4.78, 5) is 32.7. The summed E-state index contributed by atoms with van der Waals surface area (Å²) < 4.78 is 42.1. The van der Waals surface area contributed by atoms with Gasteiger partial charge < -0.3 is 33.2 Å². The Labute approximate surface area is 290 Å². The Morgan fingerprint density at radius 3 is 2.53 bits per heavy atom. The largest absolute Gasteiger partial charge is 0.493 e. The van der Waals surface area contributed by atoms with Crippen molar-refractivity contribution in [1.29, 1.82) is 5.26 Å². The van der Waals surface area contributed by atoms with Crippen LogP contribution in [0, 0.1) is 25.2 Å². The van der Waals surface area contributed by atoms with Gasteiger partial charge in [0.2, 0.25) is 6.79 Å². The van der Waals surface area contributed by atoms with E-state index in [9.17, 15) is 14.9 Å². The fourth-order valence-electron chi connectivity index (χ4n) is 8.56. The molecule has 0 amide bonds. The highest BCUT2D eigenvalue weighted by Gasteiger charge is 2.61. The first-order valence-corrected chi connectivity index (χ1v) is 17.4. The van der Waals surface area contributed by atoms with E-state index in [0.29, 0.717) is 46.5 Å². The number of carbonyl (C=O) groups is 2. The first-order valence-electron chi connectivity index (χ1n) is 16.3. The van der Waals surface area contributed by atoms with Crippen LogP contribution in [-0.4, -0.2) is 112 Å². The summed E-state index contributed by atoms with van der Waals surface area (Å²) in [5.41, 5.74) is 5.13. The molecule has 49 heavy (non-hydrogen) atoms. The minimum atomic E-state index is -0.618. The molecule has 2 fully saturated rings. The quantitative estimate of drug-likeness (QED) is 0.248. The summed E-state index contributed by atoms with van der Waals surface area (Å²) in [6.45, 7) is 5.21. The normalized spacial score (nSPS) is 28.6. The number of nitriles is 1. The number of benzene rings is 2. The van der Waals surface area contributed by atoms with Crippen molar-refractivity contribution in [3.63, 3.8) is 0 Å². The smallest absolute Gasteiger partial charge is 0.324 e. The van der Waals surface area contributed by atoms with Gasteiger partial charge in [-0.15, -0.1) is 11.8 Å². The number of hydrogen-bond acceptors (Lipinski definition) is 14. The predicted molar refractivity (Wildman–Crippen MR) is 178 cm³/mol. The minimum absolute atomic E-state index is 0.00896. The summed E-state index contributed by atoms with van der Waals surface area (Å²) in [7, 11) is 8.99. The molecule has 2 aromatic rings. The number of carbonyl (C=O) groups excluding carboxylic acids is 2. The lowest BCUT2D eigenvalue weighted by molar-refractivity contribution is -0.154. The molecule has 5 aliphatic heterocycles. The van der Waals surface area contributed by atoms with E-state index in [0.717, 1.165) is 27.8 Å². The SMILES string of the molecule is COCOc1c(OC)c(C)cc2c1[C@@H]1C3[C@@H]4SC[C@H](N(C)C)C(=O)OC[C@@H](c5c6c(c(C)c(OC(C)=O)c54)OCO6)N3[C@@H](C#N)[C@H](C2)N1C. The maximum atomic E-state index is 13.6. The van der Waals surface area contributed by atoms with E-state index in [2.05, 4.69) is 29.0 Å². The molecule has 0 aliphatic carbocycles. The van der Waals surface area contributed by atoms with Gasteiger partial charge in [-0.2, -0.15) is 5.26 Å². The molecule has 0 radical (unpaired) electrons. The number of fused-ring (bicyclic) bond motifs is 9. The number of thioether (sulfide) groups is 1. The highest BCUT2D eigenvalue weighted by atomic mass is 32.2. The molecular weight excluding hydrogens is 652 g/mol. The molecule has 7 rings (SSSR count). The van der Waals surface area contributed by atoms with Crippen molar-refractivity contribution < 1.29 is 42.7 Å². The van der Waals surface area contributed by atoms with Crippen LogP contribution in [0.5, 0.6) is 28.7 Å². The van der Waals surface area contributed by atoms with E-state index in [1.807, 2.05) is 32.8 Å². The Morgan fingerprint density at radius 2 is 1.86 bits per heavy atom. The van der Waals surface area contributed by atoms with Gasteiger partial charge in [0.15, 0.2) is 29.8 Å². The monoisotopic (exact) mass is 694 g/mol. The zero-order valence-electron chi connectivity index (χ0n) is 29.0. The molecule has 14 heteroatoms. The predicted octanol–water partition coefficient (Wildman–Crippen LogP) is 3.44. The molecule has 0 aromatic heterocycles. The lowest BCUT2D eigenvalue weighted by Crippen LogP contribution is -2.69. The zero-order valence-corrected chi connectivity index (χ0v) is 29.8. The molecule has 2 aromatic carbocycles. The number of esters is 2. The van der Waals surface area contributed by atoms with Crippen molar-refractivity contribution in [1.82, 2.24) is 14.7 Å². The van der Waals surface area contributed by atoms with E-state index in [-0.39, 0.29) is 44.3 Å². The van der Waals surface area contributed by atoms with Gasteiger partial charge in [-0.05, 0) is 52.5 Å². The van der Waals surface area contributed by atoms with Crippen LogP contribution in [0.4, 0.5) is 0 Å². The number of aryl methyl sites for hydroxylation is 1. The summed E-state index contributed by atoms with van der Waals surface area (Å²) in [5, 5.41) is 10.6. The molecule has 5 heterocycles. The number of rotatable bonds is 6. The van der Waals surface area contributed by atoms with Crippen LogP contribution in [0.15, 0.2) is 6.07 Å². The Morgan fingerprint density at radius 1 is 1.10 bits per heavy atom. The Kier molecular flexibility index (Phi) is 8.85. The third-order valence-corrected chi connectivity index (χ3v) is 11.9. The maximum Gasteiger partial charge on any atom is 0.324 e. The Balaban J connectivity index is 1.55. The fourth-order valence-corrected chi connectivity index (χ4v) is 10.3. The van der Waals surface area contributed by atoms with Crippen molar-refractivity contribution in [3.8, 4) is 34.8 Å². The van der Waals surface area contributed by atoms with E-state index in [4.69, 9.17) is 33.2 Å². The fraction of sp³-hybridized carbons (Fsp3) is 0.571. The van der Waals surface area contributed by atoms with Crippen LogP contribution in [0.1, 0.15) is 57.6 Å². The third kappa shape index (κ3) is 5.12. The van der Waals surface area contributed by atoms with E-state index < -0.39 is 29.3 Å². The lowest BCUT2D eigenvalue weighted by Gasteiger charge is -2.62. The molecule has 1 unspecified atom stereocenters.